The fourth-order valence-corrected chi connectivity index (χ4v) is 11.5. The van der Waals surface area contributed by atoms with Crippen molar-refractivity contribution in [3.63, 3.8) is 0 Å². The average molecular weight is 1080 g/mol. The van der Waals surface area contributed by atoms with Crippen LogP contribution in [-0.4, -0.2) is 14.1 Å². The number of pyridine rings is 1. The van der Waals surface area contributed by atoms with Crippen LogP contribution in [0.5, 0.6) is 11.5 Å². The largest absolute Gasteiger partial charge is 0.458 e. The SMILES string of the molecule is [2H]c1c([2H])c([2H])c(-c2cc3c4c(c2)n(-c2cccc(Oc5ccc6c7ccccc7n(-c7cc(C(C)(C)C)ccn7)c6c5)c2)[c-][n+]4-c2c(cccc2-c2c([2H])c([2H])c4c(c2[2H])C(C([2H])([2H])[2H])(C([2H])([2H])[2H])C([2H])([2H])C([2H])([2H])C4(C([2H])([2H])[2H])C([2H])([2H])[2H])-c2cc(C(C)(C)C)ccc2-c2ccccc2-3)c([2H])c1[2H]. The standard InChI is InChI=1S/C76H68N4O/c1-73(2,3)51-31-33-59-57-24-14-15-25-58(57)64-40-50(48-20-12-11-13-21-48)42-69-72(64)79(71-56(27-19-28-62(71)63(59)43-51)49-30-35-65-66(41-49)76(9,10)38-37-75(65,7)8)47-78(69)53-22-18-23-54(45-53)81-55-32-34-61-60-26-16-17-29-67(60)80(68(61)46-55)70-44-52(36-39-77-70)74(4,5)6/h11-36,39-46H,37-38H2,1-10H3/i7D3,8D3,9D3,10D3,11D,12D,13D,20D,21D,30D,35D,37D2,38D2,41D. The number of aromatic nitrogens is 4. The van der Waals surface area contributed by atoms with Crippen LogP contribution in [0.2, 0.25) is 0 Å². The fourth-order valence-electron chi connectivity index (χ4n) is 11.5. The number of benzene rings is 9. The van der Waals surface area contributed by atoms with E-state index in [1.54, 1.807) is 63.9 Å². The van der Waals surface area contributed by atoms with Crippen LogP contribution in [0.3, 0.4) is 0 Å². The topological polar surface area (TPSA) is 35.9 Å². The van der Waals surface area contributed by atoms with Crippen LogP contribution >= 0.6 is 0 Å². The summed E-state index contributed by atoms with van der Waals surface area (Å²) in [5, 5.41) is 1.89. The van der Waals surface area contributed by atoms with Crippen molar-refractivity contribution < 1.29 is 42.2 Å². The first-order valence-corrected chi connectivity index (χ1v) is 26.7. The summed E-state index contributed by atoms with van der Waals surface area (Å²) in [7, 11) is 0. The molecule has 1 aliphatic heterocycles. The molecular formula is C76H68N4O. The summed E-state index contributed by atoms with van der Waals surface area (Å²) < 4.78 is 236. The average Bonchev–Trinajstić information content (AvgIpc) is 1.16. The van der Waals surface area contributed by atoms with Crippen molar-refractivity contribution >= 4 is 32.8 Å². The third kappa shape index (κ3) is 8.42. The van der Waals surface area contributed by atoms with Crippen molar-refractivity contribution in [3.8, 4) is 84.3 Å². The molecule has 1 aliphatic carbocycles. The number of ether oxygens (including phenoxy) is 1. The molecule has 5 heteroatoms. The molecule has 9 aromatic carbocycles. The number of para-hydroxylation sites is 2. The van der Waals surface area contributed by atoms with E-state index < -0.39 is 121 Å². The minimum Gasteiger partial charge on any atom is -0.458 e. The Kier molecular flexibility index (Phi) is 6.96. The third-order valence-corrected chi connectivity index (χ3v) is 15.6. The maximum atomic E-state index is 10.6. The third-order valence-electron chi connectivity index (χ3n) is 15.6. The van der Waals surface area contributed by atoms with Crippen LogP contribution in [0.15, 0.2) is 206 Å². The van der Waals surface area contributed by atoms with E-state index in [4.69, 9.17) is 30.3 Å². The highest BCUT2D eigenvalue weighted by Gasteiger charge is 2.38. The predicted octanol–water partition coefficient (Wildman–Crippen LogP) is 19.6. The first-order chi connectivity index (χ1) is 48.8. The number of nitrogens with zero attached hydrogens (tertiary/aromatic N) is 4. The lowest BCUT2D eigenvalue weighted by Gasteiger charge is -2.42. The van der Waals surface area contributed by atoms with E-state index in [2.05, 4.69) is 37.7 Å². The number of rotatable bonds is 6. The number of fused-ring (bicyclic) bond motifs is 11. The smallest absolute Gasteiger partial charge is 0.269 e. The molecule has 0 radical (unpaired) electrons. The number of imidazole rings is 1. The lowest BCUT2D eigenvalue weighted by atomic mass is 9.63. The van der Waals surface area contributed by atoms with Crippen molar-refractivity contribution in [2.45, 2.75) is 103 Å². The van der Waals surface area contributed by atoms with Crippen molar-refractivity contribution in [2.24, 2.45) is 0 Å². The van der Waals surface area contributed by atoms with Crippen molar-refractivity contribution in [2.75, 3.05) is 0 Å². The fraction of sp³-hybridized carbons (Fsp3) is 0.211. The van der Waals surface area contributed by atoms with Crippen molar-refractivity contribution in [1.29, 1.82) is 0 Å². The zero-order valence-corrected chi connectivity index (χ0v) is 45.2. The highest BCUT2D eigenvalue weighted by Crippen LogP contribution is 2.50. The van der Waals surface area contributed by atoms with Crippen molar-refractivity contribution in [3.05, 3.63) is 235 Å². The zero-order chi connectivity index (χ0) is 76.3. The normalized spacial score (nSPS) is 20.6. The molecule has 2 aliphatic rings. The maximum absolute atomic E-state index is 10.6. The predicted molar refractivity (Wildman–Crippen MR) is 336 cm³/mol. The molecule has 398 valence electrons. The molecule has 5 nitrogen and oxygen atoms in total. The summed E-state index contributed by atoms with van der Waals surface area (Å²) in [5.74, 6) is 1.39. The van der Waals surface area contributed by atoms with Gasteiger partial charge in [-0.25, -0.2) is 4.98 Å². The van der Waals surface area contributed by atoms with E-state index in [1.165, 1.54) is 12.1 Å². The van der Waals surface area contributed by atoms with E-state index >= 15 is 0 Å². The molecule has 81 heavy (non-hydrogen) atoms. The summed E-state index contributed by atoms with van der Waals surface area (Å²) in [6.07, 6.45) is -3.84. The molecular weight excluding hydrogens is 985 g/mol. The van der Waals surface area contributed by atoms with Gasteiger partial charge in [-0.2, -0.15) is 0 Å². The molecule has 0 N–H and O–H groups in total. The van der Waals surface area contributed by atoms with E-state index in [0.29, 0.717) is 50.8 Å². The van der Waals surface area contributed by atoms with Gasteiger partial charge in [0.15, 0.2) is 0 Å². The molecule has 4 heterocycles. The number of hydrogen-bond donors (Lipinski definition) is 0. The monoisotopic (exact) mass is 1080 g/mol. The first kappa shape index (κ1) is 30.7. The van der Waals surface area contributed by atoms with E-state index in [0.717, 1.165) is 32.9 Å². The minimum atomic E-state index is -4.60. The second-order valence-electron chi connectivity index (χ2n) is 23.0. The van der Waals surface area contributed by atoms with E-state index in [1.807, 2.05) is 106 Å². The van der Waals surface area contributed by atoms with Crippen LogP contribution in [0.4, 0.5) is 0 Å². The van der Waals surface area contributed by atoms with Gasteiger partial charge in [-0.1, -0.05) is 208 Å². The van der Waals surface area contributed by atoms with E-state index in [-0.39, 0.29) is 44.4 Å². The lowest BCUT2D eigenvalue weighted by molar-refractivity contribution is -0.570. The van der Waals surface area contributed by atoms with Crippen LogP contribution in [0.1, 0.15) is 137 Å². The molecule has 0 saturated heterocycles. The van der Waals surface area contributed by atoms with Gasteiger partial charge in [-0.05, 0) is 167 Å². The second-order valence-corrected chi connectivity index (χ2v) is 23.0. The Hall–Kier alpha value is -8.80. The Balaban J connectivity index is 1.13. The second kappa shape index (κ2) is 18.4. The van der Waals surface area contributed by atoms with Gasteiger partial charge >= 0.3 is 0 Å². The van der Waals surface area contributed by atoms with Crippen LogP contribution in [0, 0.1) is 6.33 Å². The Bertz CT molecular complexity index is 5630. The molecule has 0 fully saturated rings. The summed E-state index contributed by atoms with van der Waals surface area (Å²) >= 11 is 0. The van der Waals surface area contributed by atoms with Gasteiger partial charge in [-0.3, -0.25) is 13.7 Å². The Morgan fingerprint density at radius 3 is 2.01 bits per heavy atom. The van der Waals surface area contributed by atoms with Gasteiger partial charge in [0, 0.05) is 45.0 Å². The maximum Gasteiger partial charge on any atom is 0.269 e. The van der Waals surface area contributed by atoms with Gasteiger partial charge < -0.3 is 4.74 Å². The molecule has 12 aromatic rings. The molecule has 3 aromatic heterocycles. The van der Waals surface area contributed by atoms with Crippen LogP contribution in [0.25, 0.3) is 106 Å². The van der Waals surface area contributed by atoms with E-state index in [9.17, 15) is 12.3 Å². The highest BCUT2D eigenvalue weighted by molar-refractivity contribution is 6.09. The summed E-state index contributed by atoms with van der Waals surface area (Å²) in [6, 6.07) is 38.4. The molecule has 0 bridgehead atoms. The minimum absolute atomic E-state index is 0.0430. The molecule has 0 amide bonds. The number of hydrogen-bond acceptors (Lipinski definition) is 2. The quantitative estimate of drug-likeness (QED) is 0.123. The first-order valence-electron chi connectivity index (χ1n) is 38.7. The molecule has 0 saturated carbocycles. The summed E-state index contributed by atoms with van der Waals surface area (Å²) in [6.45, 7) is -4.92. The molecule has 0 spiro atoms. The molecule has 0 atom stereocenters. The van der Waals surface area contributed by atoms with Gasteiger partial charge in [0.05, 0.1) is 44.4 Å². The highest BCUT2D eigenvalue weighted by atomic mass is 16.5. The van der Waals surface area contributed by atoms with Crippen LogP contribution in [-0.2, 0) is 21.7 Å². The summed E-state index contributed by atoms with van der Waals surface area (Å²) in [5.41, 5.74) is -7.04. The molecule has 0 unspecified atom stereocenters. The Labute approximate surface area is 510 Å². The van der Waals surface area contributed by atoms with Gasteiger partial charge in [0.2, 0.25) is 0 Å². The Morgan fingerprint density at radius 2 is 1.22 bits per heavy atom. The van der Waals surface area contributed by atoms with Gasteiger partial charge in [0.1, 0.15) is 17.3 Å². The van der Waals surface area contributed by atoms with Gasteiger partial charge in [0.25, 0.3) is 6.33 Å². The summed E-state index contributed by atoms with van der Waals surface area (Å²) in [4.78, 5) is 4.86. The lowest BCUT2D eigenvalue weighted by Crippen LogP contribution is -2.34. The molecule has 14 rings (SSSR count). The zero-order valence-electron chi connectivity index (χ0n) is 69.2. The Morgan fingerprint density at radius 1 is 0.543 bits per heavy atom. The van der Waals surface area contributed by atoms with Crippen molar-refractivity contribution in [1.82, 2.24) is 14.1 Å². The van der Waals surface area contributed by atoms with Crippen LogP contribution < -0.4 is 9.30 Å². The van der Waals surface area contributed by atoms with Gasteiger partial charge in [-0.15, -0.1) is 0 Å².